The van der Waals surface area contributed by atoms with Gasteiger partial charge in [0.1, 0.15) is 5.82 Å². The predicted octanol–water partition coefficient (Wildman–Crippen LogP) is 5.36. The molecule has 108 valence electrons. The van der Waals surface area contributed by atoms with Crippen LogP contribution in [0.4, 0.5) is 4.39 Å². The van der Waals surface area contributed by atoms with E-state index in [1.807, 2.05) is 32.0 Å². The Kier molecular flexibility index (Phi) is 3.74. The molecule has 1 nitrogen and oxygen atoms in total. The van der Waals surface area contributed by atoms with E-state index in [0.717, 1.165) is 31.7 Å². The monoisotopic (exact) mass is 319 g/mol. The van der Waals surface area contributed by atoms with Crippen molar-refractivity contribution in [1.29, 1.82) is 0 Å². The van der Waals surface area contributed by atoms with Crippen molar-refractivity contribution in [3.05, 3.63) is 68.8 Å². The van der Waals surface area contributed by atoms with Crippen molar-refractivity contribution in [3.63, 3.8) is 0 Å². The third-order valence-corrected chi connectivity index (χ3v) is 5.26. The number of benzene rings is 2. The first-order chi connectivity index (χ1) is 9.95. The SMILES string of the molecule is Cc1cc(Cl)c(C(N)c2cc3ccc(F)cc3s2)cc1C. The van der Waals surface area contributed by atoms with Crippen LogP contribution in [0.15, 0.2) is 36.4 Å². The fourth-order valence-electron chi connectivity index (χ4n) is 2.37. The van der Waals surface area contributed by atoms with E-state index in [2.05, 4.69) is 0 Å². The molecule has 3 aromatic rings. The Bertz CT molecular complexity index is 825. The molecular weight excluding hydrogens is 305 g/mol. The average molecular weight is 320 g/mol. The van der Waals surface area contributed by atoms with Gasteiger partial charge >= 0.3 is 0 Å². The molecule has 3 rings (SSSR count). The molecule has 1 atom stereocenters. The molecule has 0 aliphatic rings. The molecule has 0 fully saturated rings. The van der Waals surface area contributed by atoms with E-state index in [4.69, 9.17) is 17.3 Å². The predicted molar refractivity (Wildman–Crippen MR) is 88.7 cm³/mol. The third kappa shape index (κ3) is 2.69. The maximum atomic E-state index is 13.3. The van der Waals surface area contributed by atoms with Gasteiger partial charge in [-0.15, -0.1) is 11.3 Å². The number of nitrogens with two attached hydrogens (primary N) is 1. The van der Waals surface area contributed by atoms with Crippen molar-refractivity contribution in [2.24, 2.45) is 5.73 Å². The summed E-state index contributed by atoms with van der Waals surface area (Å²) in [6.45, 7) is 4.07. The molecule has 0 aliphatic carbocycles. The van der Waals surface area contributed by atoms with Crippen LogP contribution in [0.3, 0.4) is 0 Å². The third-order valence-electron chi connectivity index (χ3n) is 3.76. The number of halogens is 2. The summed E-state index contributed by atoms with van der Waals surface area (Å²) in [5.41, 5.74) is 9.59. The number of thiophene rings is 1. The van der Waals surface area contributed by atoms with E-state index >= 15 is 0 Å². The van der Waals surface area contributed by atoms with Crippen LogP contribution in [0.2, 0.25) is 5.02 Å². The number of aryl methyl sites for hydroxylation is 2. The average Bonchev–Trinajstić information content (AvgIpc) is 2.85. The topological polar surface area (TPSA) is 26.0 Å². The minimum absolute atomic E-state index is 0.228. The maximum absolute atomic E-state index is 13.3. The van der Waals surface area contributed by atoms with E-state index in [-0.39, 0.29) is 11.9 Å². The van der Waals surface area contributed by atoms with Gasteiger partial charge in [0.15, 0.2) is 0 Å². The highest BCUT2D eigenvalue weighted by atomic mass is 35.5. The van der Waals surface area contributed by atoms with E-state index in [1.165, 1.54) is 23.5 Å². The summed E-state index contributed by atoms with van der Waals surface area (Å²) in [5.74, 6) is -0.228. The second kappa shape index (κ2) is 5.41. The summed E-state index contributed by atoms with van der Waals surface area (Å²) in [6, 6.07) is 10.5. The number of fused-ring (bicyclic) bond motifs is 1. The standard InChI is InChI=1S/C17H15ClFNS/c1-9-5-13(14(18)6-10(9)2)17(20)16-7-11-3-4-12(19)8-15(11)21-16/h3-8,17H,20H2,1-2H3. The zero-order valence-electron chi connectivity index (χ0n) is 11.8. The van der Waals surface area contributed by atoms with Gasteiger partial charge in [-0.3, -0.25) is 0 Å². The lowest BCUT2D eigenvalue weighted by Gasteiger charge is -2.14. The van der Waals surface area contributed by atoms with Gasteiger partial charge in [-0.1, -0.05) is 23.7 Å². The summed E-state index contributed by atoms with van der Waals surface area (Å²) in [5, 5.41) is 1.68. The first-order valence-electron chi connectivity index (χ1n) is 6.67. The molecular formula is C17H15ClFNS. The second-order valence-corrected chi connectivity index (χ2v) is 6.79. The van der Waals surface area contributed by atoms with Crippen LogP contribution in [0.25, 0.3) is 10.1 Å². The molecule has 0 aliphatic heterocycles. The van der Waals surface area contributed by atoms with E-state index in [9.17, 15) is 4.39 Å². The lowest BCUT2D eigenvalue weighted by atomic mass is 10.00. The molecule has 0 saturated carbocycles. The summed E-state index contributed by atoms with van der Waals surface area (Å²) in [7, 11) is 0. The minimum atomic E-state index is -0.294. The summed E-state index contributed by atoms with van der Waals surface area (Å²) < 4.78 is 14.2. The van der Waals surface area contributed by atoms with Gasteiger partial charge < -0.3 is 5.73 Å². The van der Waals surface area contributed by atoms with Crippen LogP contribution in [-0.4, -0.2) is 0 Å². The summed E-state index contributed by atoms with van der Waals surface area (Å²) >= 11 is 7.84. The summed E-state index contributed by atoms with van der Waals surface area (Å²) in [6.07, 6.45) is 0. The van der Waals surface area contributed by atoms with Crippen molar-refractivity contribution in [3.8, 4) is 0 Å². The van der Waals surface area contributed by atoms with Crippen LogP contribution < -0.4 is 5.73 Å². The Morgan fingerprint density at radius 2 is 1.81 bits per heavy atom. The number of hydrogen-bond donors (Lipinski definition) is 1. The van der Waals surface area contributed by atoms with E-state index < -0.39 is 0 Å². The molecule has 0 radical (unpaired) electrons. The highest BCUT2D eigenvalue weighted by Gasteiger charge is 2.16. The van der Waals surface area contributed by atoms with Crippen LogP contribution in [0.1, 0.15) is 27.6 Å². The first-order valence-corrected chi connectivity index (χ1v) is 7.86. The van der Waals surface area contributed by atoms with Gasteiger partial charge in [0.05, 0.1) is 6.04 Å². The van der Waals surface area contributed by atoms with E-state index in [0.29, 0.717) is 5.02 Å². The van der Waals surface area contributed by atoms with Gasteiger partial charge in [0.2, 0.25) is 0 Å². The smallest absolute Gasteiger partial charge is 0.124 e. The highest BCUT2D eigenvalue weighted by molar-refractivity contribution is 7.19. The number of rotatable bonds is 2. The van der Waals surface area contributed by atoms with Crippen molar-refractivity contribution in [2.45, 2.75) is 19.9 Å². The Morgan fingerprint density at radius 1 is 1.10 bits per heavy atom. The van der Waals surface area contributed by atoms with Gasteiger partial charge in [-0.2, -0.15) is 0 Å². The fraction of sp³-hybridized carbons (Fsp3) is 0.176. The van der Waals surface area contributed by atoms with Crippen LogP contribution >= 0.6 is 22.9 Å². The van der Waals surface area contributed by atoms with Gasteiger partial charge in [-0.05, 0) is 60.2 Å². The van der Waals surface area contributed by atoms with Crippen LogP contribution in [0, 0.1) is 19.7 Å². The van der Waals surface area contributed by atoms with Crippen molar-refractivity contribution in [1.82, 2.24) is 0 Å². The van der Waals surface area contributed by atoms with Gasteiger partial charge in [0.25, 0.3) is 0 Å². The lowest BCUT2D eigenvalue weighted by Crippen LogP contribution is -2.11. The molecule has 2 N–H and O–H groups in total. The number of hydrogen-bond acceptors (Lipinski definition) is 2. The minimum Gasteiger partial charge on any atom is -0.320 e. The summed E-state index contributed by atoms with van der Waals surface area (Å²) in [4.78, 5) is 0.987. The molecule has 0 amide bonds. The Morgan fingerprint density at radius 3 is 2.57 bits per heavy atom. The van der Waals surface area contributed by atoms with Gasteiger partial charge in [0, 0.05) is 14.6 Å². The Balaban J connectivity index is 2.07. The molecule has 1 heterocycles. The molecule has 2 aromatic carbocycles. The normalized spacial score (nSPS) is 12.8. The van der Waals surface area contributed by atoms with Crippen molar-refractivity contribution >= 4 is 33.0 Å². The molecule has 0 spiro atoms. The maximum Gasteiger partial charge on any atom is 0.124 e. The molecule has 21 heavy (non-hydrogen) atoms. The van der Waals surface area contributed by atoms with Crippen LogP contribution in [-0.2, 0) is 0 Å². The van der Waals surface area contributed by atoms with Crippen molar-refractivity contribution in [2.75, 3.05) is 0 Å². The van der Waals surface area contributed by atoms with Crippen LogP contribution in [0.5, 0.6) is 0 Å². The highest BCUT2D eigenvalue weighted by Crippen LogP contribution is 2.35. The molecule has 0 saturated heterocycles. The molecule has 1 aromatic heterocycles. The van der Waals surface area contributed by atoms with E-state index in [1.54, 1.807) is 6.07 Å². The fourth-order valence-corrected chi connectivity index (χ4v) is 3.82. The zero-order chi connectivity index (χ0) is 15.1. The lowest BCUT2D eigenvalue weighted by molar-refractivity contribution is 0.630. The quantitative estimate of drug-likeness (QED) is 0.676. The molecule has 1 unspecified atom stereocenters. The second-order valence-electron chi connectivity index (χ2n) is 5.27. The first kappa shape index (κ1) is 14.5. The Hall–Kier alpha value is -1.42. The Labute approximate surface area is 132 Å². The molecule has 0 bridgehead atoms. The largest absolute Gasteiger partial charge is 0.320 e. The zero-order valence-corrected chi connectivity index (χ0v) is 13.4. The molecule has 4 heteroatoms. The van der Waals surface area contributed by atoms with Gasteiger partial charge in [-0.25, -0.2) is 4.39 Å². The van der Waals surface area contributed by atoms with Crippen molar-refractivity contribution < 1.29 is 4.39 Å².